The first-order valence-electron chi connectivity index (χ1n) is 8.11. The first kappa shape index (κ1) is 19.1. The number of ether oxygens (including phenoxy) is 2. The highest BCUT2D eigenvalue weighted by Gasteiger charge is 2.31. The summed E-state index contributed by atoms with van der Waals surface area (Å²) in [4.78, 5) is 27.8. The molecule has 0 aromatic carbocycles. The molecule has 0 spiro atoms. The Hall–Kier alpha value is -2.25. The number of ketones is 1. The first-order valence-corrected chi connectivity index (χ1v) is 8.11. The Labute approximate surface area is 144 Å². The number of hydrogen-bond acceptors (Lipinski definition) is 5. The lowest BCUT2D eigenvalue weighted by molar-refractivity contribution is -0.0529. The average molecular weight is 356 g/mol. The number of rotatable bonds is 6. The molecule has 1 aliphatic rings. The van der Waals surface area contributed by atoms with Crippen LogP contribution in [-0.4, -0.2) is 35.6 Å². The van der Waals surface area contributed by atoms with E-state index in [1.165, 1.54) is 12.1 Å². The number of nitrogens with one attached hydrogen (secondary N) is 1. The van der Waals surface area contributed by atoms with E-state index in [1.54, 1.807) is 20.8 Å². The minimum atomic E-state index is -2.95. The van der Waals surface area contributed by atoms with Gasteiger partial charge < -0.3 is 14.8 Å². The van der Waals surface area contributed by atoms with E-state index < -0.39 is 18.3 Å². The van der Waals surface area contributed by atoms with Gasteiger partial charge in [-0.1, -0.05) is 0 Å². The molecule has 2 rings (SSSR count). The van der Waals surface area contributed by atoms with Crippen molar-refractivity contribution in [1.29, 1.82) is 0 Å². The maximum Gasteiger partial charge on any atom is 0.407 e. The molecular weight excluding hydrogens is 334 g/mol. The van der Waals surface area contributed by atoms with Crippen LogP contribution in [0, 0.1) is 5.92 Å². The largest absolute Gasteiger partial charge is 0.444 e. The van der Waals surface area contributed by atoms with E-state index in [0.29, 0.717) is 37.1 Å². The molecule has 8 heteroatoms. The van der Waals surface area contributed by atoms with Crippen molar-refractivity contribution in [1.82, 2.24) is 10.3 Å². The minimum Gasteiger partial charge on any atom is -0.444 e. The summed E-state index contributed by atoms with van der Waals surface area (Å²) in [5, 5.41) is 2.64. The monoisotopic (exact) mass is 356 g/mol. The summed E-state index contributed by atoms with van der Waals surface area (Å²) < 4.78 is 33.8. The van der Waals surface area contributed by atoms with Gasteiger partial charge in [-0.05, 0) is 39.7 Å². The smallest absolute Gasteiger partial charge is 0.407 e. The lowest BCUT2D eigenvalue weighted by atomic mass is 9.99. The van der Waals surface area contributed by atoms with Gasteiger partial charge in [0, 0.05) is 30.5 Å². The van der Waals surface area contributed by atoms with E-state index in [2.05, 4.69) is 15.0 Å². The van der Waals surface area contributed by atoms with Crippen LogP contribution in [-0.2, 0) is 11.2 Å². The predicted molar refractivity (Wildman–Crippen MR) is 85.9 cm³/mol. The van der Waals surface area contributed by atoms with Crippen molar-refractivity contribution in [3.8, 4) is 5.88 Å². The third-order valence-electron chi connectivity index (χ3n) is 3.63. The number of Topliss-reactive ketones (excluding diaryl/α,β-unsaturated/α-hetero) is 1. The van der Waals surface area contributed by atoms with Crippen LogP contribution in [0.3, 0.4) is 0 Å². The Bertz CT molecular complexity index is 644. The number of nitrogens with zero attached hydrogens (tertiary/aromatic N) is 1. The van der Waals surface area contributed by atoms with Crippen molar-refractivity contribution in [2.24, 2.45) is 5.92 Å². The predicted octanol–water partition coefficient (Wildman–Crippen LogP) is 3.34. The van der Waals surface area contributed by atoms with Gasteiger partial charge in [-0.2, -0.15) is 8.78 Å². The number of carbonyl (C=O) groups is 2. The van der Waals surface area contributed by atoms with Gasteiger partial charge in [-0.15, -0.1) is 0 Å². The standard InChI is InChI=1S/C17H22F2N2O4/c1-17(2,3)25-16(23)20-8-4-5-10-9-12-11(14(10)22)6-7-13(21-12)24-15(18)19/h6-7,10,15H,4-5,8-9H2,1-3H3,(H,20,23)/t10-/m1/s1. The molecule has 0 fully saturated rings. The Kier molecular flexibility index (Phi) is 5.92. The summed E-state index contributed by atoms with van der Waals surface area (Å²) >= 11 is 0. The normalized spacial score (nSPS) is 16.7. The highest BCUT2D eigenvalue weighted by Crippen LogP contribution is 2.30. The minimum absolute atomic E-state index is 0.0524. The Morgan fingerprint density at radius 1 is 1.40 bits per heavy atom. The number of hydrogen-bond donors (Lipinski definition) is 1. The lowest BCUT2D eigenvalue weighted by Crippen LogP contribution is -2.33. The molecule has 1 aromatic rings. The van der Waals surface area contributed by atoms with Crippen molar-refractivity contribution >= 4 is 11.9 Å². The van der Waals surface area contributed by atoms with Gasteiger partial charge >= 0.3 is 12.7 Å². The molecule has 0 radical (unpaired) electrons. The molecule has 25 heavy (non-hydrogen) atoms. The van der Waals surface area contributed by atoms with Crippen LogP contribution in [0.2, 0.25) is 0 Å². The van der Waals surface area contributed by atoms with Gasteiger partial charge in [-0.25, -0.2) is 9.78 Å². The fourth-order valence-electron chi connectivity index (χ4n) is 2.65. The van der Waals surface area contributed by atoms with Gasteiger partial charge in [0.2, 0.25) is 5.88 Å². The second-order valence-electron chi connectivity index (χ2n) is 6.86. The van der Waals surface area contributed by atoms with Crippen molar-refractivity contribution in [3.05, 3.63) is 23.4 Å². The molecule has 1 N–H and O–H groups in total. The van der Waals surface area contributed by atoms with Gasteiger partial charge in [-0.3, -0.25) is 4.79 Å². The Morgan fingerprint density at radius 3 is 2.76 bits per heavy atom. The van der Waals surface area contributed by atoms with Crippen molar-refractivity contribution in [2.75, 3.05) is 6.54 Å². The second kappa shape index (κ2) is 7.76. The molecule has 1 amide bonds. The van der Waals surface area contributed by atoms with Crippen LogP contribution in [0.25, 0.3) is 0 Å². The number of amides is 1. The molecule has 1 heterocycles. The molecule has 0 saturated heterocycles. The number of aromatic nitrogens is 1. The van der Waals surface area contributed by atoms with E-state index in [-0.39, 0.29) is 17.6 Å². The third kappa shape index (κ3) is 5.65. The van der Waals surface area contributed by atoms with Gasteiger partial charge in [0.15, 0.2) is 5.78 Å². The van der Waals surface area contributed by atoms with E-state index in [9.17, 15) is 18.4 Å². The summed E-state index contributed by atoms with van der Waals surface area (Å²) in [5.41, 5.74) is 0.372. The summed E-state index contributed by atoms with van der Waals surface area (Å²) in [6.07, 6.45) is 1.06. The molecule has 0 bridgehead atoms. The van der Waals surface area contributed by atoms with E-state index in [0.717, 1.165) is 0 Å². The van der Waals surface area contributed by atoms with E-state index in [1.807, 2.05) is 0 Å². The number of carbonyl (C=O) groups excluding carboxylic acids is 2. The van der Waals surface area contributed by atoms with Crippen LogP contribution in [0.4, 0.5) is 13.6 Å². The average Bonchev–Trinajstić information content (AvgIpc) is 2.77. The molecule has 138 valence electrons. The Balaban J connectivity index is 1.81. The third-order valence-corrected chi connectivity index (χ3v) is 3.63. The second-order valence-corrected chi connectivity index (χ2v) is 6.86. The van der Waals surface area contributed by atoms with Crippen LogP contribution in [0.5, 0.6) is 5.88 Å². The highest BCUT2D eigenvalue weighted by atomic mass is 19.3. The van der Waals surface area contributed by atoms with Crippen LogP contribution in [0.15, 0.2) is 12.1 Å². The first-order chi connectivity index (χ1) is 11.7. The van der Waals surface area contributed by atoms with Crippen molar-refractivity contribution in [2.45, 2.75) is 52.2 Å². The number of alkyl carbamates (subject to hydrolysis) is 1. The number of halogens is 2. The van der Waals surface area contributed by atoms with Crippen molar-refractivity contribution < 1.29 is 27.8 Å². The number of alkyl halides is 2. The van der Waals surface area contributed by atoms with Crippen LogP contribution < -0.4 is 10.1 Å². The molecule has 1 atom stereocenters. The SMILES string of the molecule is CC(C)(C)OC(=O)NCCC[C@@H]1Cc2nc(OC(F)F)ccc2C1=O. The maximum absolute atomic E-state index is 12.3. The maximum atomic E-state index is 12.3. The molecule has 1 aliphatic carbocycles. The summed E-state index contributed by atoms with van der Waals surface area (Å²) in [7, 11) is 0. The summed E-state index contributed by atoms with van der Waals surface area (Å²) in [6, 6.07) is 2.75. The molecule has 0 unspecified atom stereocenters. The summed E-state index contributed by atoms with van der Waals surface area (Å²) in [5.74, 6) is -0.498. The van der Waals surface area contributed by atoms with Gasteiger partial charge in [0.05, 0.1) is 5.69 Å². The lowest BCUT2D eigenvalue weighted by Gasteiger charge is -2.19. The topological polar surface area (TPSA) is 77.5 Å². The zero-order chi connectivity index (χ0) is 18.6. The van der Waals surface area contributed by atoms with Crippen LogP contribution in [0.1, 0.15) is 49.7 Å². The van der Waals surface area contributed by atoms with Gasteiger partial charge in [0.1, 0.15) is 5.60 Å². The molecule has 1 aromatic heterocycles. The van der Waals surface area contributed by atoms with E-state index >= 15 is 0 Å². The number of fused-ring (bicyclic) bond motifs is 1. The van der Waals surface area contributed by atoms with Crippen LogP contribution >= 0.6 is 0 Å². The zero-order valence-corrected chi connectivity index (χ0v) is 14.5. The highest BCUT2D eigenvalue weighted by molar-refractivity contribution is 6.01. The molecule has 0 aliphatic heterocycles. The Morgan fingerprint density at radius 2 is 2.12 bits per heavy atom. The quantitative estimate of drug-likeness (QED) is 0.791. The molecular formula is C17H22F2N2O4. The fraction of sp³-hybridized carbons (Fsp3) is 0.588. The summed E-state index contributed by atoms with van der Waals surface area (Å²) in [6.45, 7) is 2.78. The zero-order valence-electron chi connectivity index (χ0n) is 14.5. The fourth-order valence-corrected chi connectivity index (χ4v) is 2.65. The van der Waals surface area contributed by atoms with Crippen molar-refractivity contribution in [3.63, 3.8) is 0 Å². The number of pyridine rings is 1. The van der Waals surface area contributed by atoms with Gasteiger partial charge in [0.25, 0.3) is 0 Å². The molecule has 0 saturated carbocycles. The molecule has 6 nitrogen and oxygen atoms in total. The van der Waals surface area contributed by atoms with E-state index in [4.69, 9.17) is 4.74 Å².